The van der Waals surface area contributed by atoms with Gasteiger partial charge in [0.2, 0.25) is 0 Å². The van der Waals surface area contributed by atoms with Gasteiger partial charge in [-0.1, -0.05) is 42.5 Å². The zero-order chi connectivity index (χ0) is 14.7. The third kappa shape index (κ3) is 2.84. The Labute approximate surface area is 122 Å². The highest BCUT2D eigenvalue weighted by Gasteiger charge is 2.29. The fourth-order valence-electron chi connectivity index (χ4n) is 2.50. The fourth-order valence-corrected chi connectivity index (χ4v) is 2.50. The first-order valence-electron chi connectivity index (χ1n) is 6.91. The number of benzene rings is 2. The molecule has 0 fully saturated rings. The van der Waals surface area contributed by atoms with Gasteiger partial charge in [0.05, 0.1) is 12.5 Å². The topological polar surface area (TPSA) is 55.8 Å². The number of hydrogen-bond donors (Lipinski definition) is 1. The molecule has 2 aromatic rings. The van der Waals surface area contributed by atoms with E-state index in [1.165, 1.54) is 0 Å². The first-order chi connectivity index (χ1) is 10.3. The highest BCUT2D eigenvalue weighted by atomic mass is 16.5. The van der Waals surface area contributed by atoms with Crippen LogP contribution in [0.15, 0.2) is 48.5 Å². The number of ether oxygens (including phenoxy) is 2. The van der Waals surface area contributed by atoms with Crippen molar-refractivity contribution in [2.45, 2.75) is 18.9 Å². The number of hydrogen-bond acceptors (Lipinski definition) is 3. The van der Waals surface area contributed by atoms with E-state index in [9.17, 15) is 9.90 Å². The normalized spacial score (nSPS) is 16.7. The van der Waals surface area contributed by atoms with Crippen LogP contribution >= 0.6 is 0 Å². The van der Waals surface area contributed by atoms with Crippen LogP contribution in [-0.2, 0) is 11.4 Å². The van der Waals surface area contributed by atoms with E-state index in [2.05, 4.69) is 0 Å². The van der Waals surface area contributed by atoms with E-state index < -0.39 is 11.9 Å². The minimum Gasteiger partial charge on any atom is -0.489 e. The van der Waals surface area contributed by atoms with Gasteiger partial charge in [-0.25, -0.2) is 0 Å². The number of aliphatic carboxylic acids is 1. The van der Waals surface area contributed by atoms with Crippen molar-refractivity contribution in [3.63, 3.8) is 0 Å². The summed E-state index contributed by atoms with van der Waals surface area (Å²) in [4.78, 5) is 11.3. The molecule has 0 unspecified atom stereocenters. The fraction of sp³-hybridized carbons (Fsp3) is 0.235. The molecule has 1 atom stereocenters. The van der Waals surface area contributed by atoms with Gasteiger partial charge in [-0.05, 0) is 18.1 Å². The van der Waals surface area contributed by atoms with Gasteiger partial charge in [-0.15, -0.1) is 0 Å². The largest absolute Gasteiger partial charge is 0.489 e. The molecule has 1 N–H and O–H groups in total. The van der Waals surface area contributed by atoms with Gasteiger partial charge in [-0.2, -0.15) is 0 Å². The minimum absolute atomic E-state index is 0.398. The van der Waals surface area contributed by atoms with Crippen LogP contribution in [0.3, 0.4) is 0 Å². The molecule has 0 amide bonds. The maximum atomic E-state index is 11.3. The standard InChI is InChI=1S/C17H16O4/c18-17(19)14-9-10-20-16-13(14)7-4-8-15(16)21-11-12-5-2-1-3-6-12/h1-8,14H,9-11H2,(H,18,19)/t14-/m0/s1. The van der Waals surface area contributed by atoms with E-state index in [0.29, 0.717) is 36.7 Å². The van der Waals surface area contributed by atoms with Crippen molar-refractivity contribution < 1.29 is 19.4 Å². The second-order valence-corrected chi connectivity index (χ2v) is 4.98. The SMILES string of the molecule is O=C(O)[C@H]1CCOc2c(OCc3ccccc3)cccc21. The number of rotatable bonds is 4. The molecule has 1 aliphatic heterocycles. The first kappa shape index (κ1) is 13.5. The maximum Gasteiger partial charge on any atom is 0.311 e. The van der Waals surface area contributed by atoms with Crippen molar-refractivity contribution in [3.8, 4) is 11.5 Å². The van der Waals surface area contributed by atoms with Crippen LogP contribution in [0.4, 0.5) is 0 Å². The molecule has 1 aliphatic rings. The minimum atomic E-state index is -0.820. The van der Waals surface area contributed by atoms with Crippen molar-refractivity contribution in [1.82, 2.24) is 0 Å². The molecule has 3 rings (SSSR count). The summed E-state index contributed by atoms with van der Waals surface area (Å²) in [7, 11) is 0. The molecule has 108 valence electrons. The van der Waals surface area contributed by atoms with Crippen LogP contribution < -0.4 is 9.47 Å². The predicted molar refractivity (Wildman–Crippen MR) is 77.7 cm³/mol. The number of carboxylic acid groups (broad SMARTS) is 1. The van der Waals surface area contributed by atoms with Crippen molar-refractivity contribution in [2.75, 3.05) is 6.61 Å². The molecule has 2 aromatic carbocycles. The molecular formula is C17H16O4. The molecule has 0 radical (unpaired) electrons. The molecule has 0 aliphatic carbocycles. The lowest BCUT2D eigenvalue weighted by atomic mass is 9.93. The predicted octanol–water partition coefficient (Wildman–Crippen LogP) is 3.22. The highest BCUT2D eigenvalue weighted by Crippen LogP contribution is 2.40. The number of para-hydroxylation sites is 1. The van der Waals surface area contributed by atoms with Crippen molar-refractivity contribution in [1.29, 1.82) is 0 Å². The Hall–Kier alpha value is -2.49. The summed E-state index contributed by atoms with van der Waals surface area (Å²) in [5, 5.41) is 9.29. The molecule has 1 heterocycles. The lowest BCUT2D eigenvalue weighted by Crippen LogP contribution is -2.21. The Morgan fingerprint density at radius 3 is 2.76 bits per heavy atom. The summed E-state index contributed by atoms with van der Waals surface area (Å²) >= 11 is 0. The Bertz CT molecular complexity index is 636. The summed E-state index contributed by atoms with van der Waals surface area (Å²) in [6.45, 7) is 0.827. The van der Waals surface area contributed by atoms with Crippen LogP contribution in [-0.4, -0.2) is 17.7 Å². The molecule has 0 saturated carbocycles. The zero-order valence-corrected chi connectivity index (χ0v) is 11.5. The van der Waals surface area contributed by atoms with Gasteiger partial charge >= 0.3 is 5.97 Å². The van der Waals surface area contributed by atoms with E-state index in [1.807, 2.05) is 42.5 Å². The number of carbonyl (C=O) groups is 1. The van der Waals surface area contributed by atoms with E-state index in [0.717, 1.165) is 5.56 Å². The van der Waals surface area contributed by atoms with Crippen LogP contribution in [0, 0.1) is 0 Å². The molecular weight excluding hydrogens is 268 g/mol. The monoisotopic (exact) mass is 284 g/mol. The van der Waals surface area contributed by atoms with Gasteiger partial charge in [-0.3, -0.25) is 4.79 Å². The molecule has 21 heavy (non-hydrogen) atoms. The lowest BCUT2D eigenvalue weighted by molar-refractivity contribution is -0.139. The van der Waals surface area contributed by atoms with E-state index in [1.54, 1.807) is 6.07 Å². The summed E-state index contributed by atoms with van der Waals surface area (Å²) in [6.07, 6.45) is 0.491. The molecule has 4 nitrogen and oxygen atoms in total. The summed E-state index contributed by atoms with van der Waals surface area (Å²) in [5.41, 5.74) is 1.75. The van der Waals surface area contributed by atoms with Gasteiger partial charge < -0.3 is 14.6 Å². The van der Waals surface area contributed by atoms with E-state index in [-0.39, 0.29) is 0 Å². The molecule has 0 bridgehead atoms. The molecule has 4 heteroatoms. The third-order valence-electron chi connectivity index (χ3n) is 3.57. The Morgan fingerprint density at radius 1 is 1.19 bits per heavy atom. The van der Waals surface area contributed by atoms with Gasteiger partial charge in [0.15, 0.2) is 11.5 Å². The molecule has 0 saturated heterocycles. The molecule has 0 aromatic heterocycles. The third-order valence-corrected chi connectivity index (χ3v) is 3.57. The summed E-state index contributed by atoms with van der Waals surface area (Å²) in [6, 6.07) is 15.2. The van der Waals surface area contributed by atoms with Crippen molar-refractivity contribution in [2.24, 2.45) is 0 Å². The first-order valence-corrected chi connectivity index (χ1v) is 6.91. The van der Waals surface area contributed by atoms with Crippen molar-refractivity contribution in [3.05, 3.63) is 59.7 Å². The quantitative estimate of drug-likeness (QED) is 0.936. The summed E-state index contributed by atoms with van der Waals surface area (Å²) < 4.78 is 11.4. The lowest BCUT2D eigenvalue weighted by Gasteiger charge is -2.24. The van der Waals surface area contributed by atoms with Crippen LogP contribution in [0.2, 0.25) is 0 Å². The maximum absolute atomic E-state index is 11.3. The smallest absolute Gasteiger partial charge is 0.311 e. The average Bonchev–Trinajstić information content (AvgIpc) is 2.53. The molecule has 0 spiro atoms. The van der Waals surface area contributed by atoms with Gasteiger partial charge in [0.1, 0.15) is 6.61 Å². The second kappa shape index (κ2) is 5.87. The van der Waals surface area contributed by atoms with Crippen molar-refractivity contribution >= 4 is 5.97 Å². The van der Waals surface area contributed by atoms with Gasteiger partial charge in [0.25, 0.3) is 0 Å². The average molecular weight is 284 g/mol. The Kier molecular flexibility index (Phi) is 3.77. The van der Waals surface area contributed by atoms with Gasteiger partial charge in [0, 0.05) is 5.56 Å². The highest BCUT2D eigenvalue weighted by molar-refractivity contribution is 5.78. The second-order valence-electron chi connectivity index (χ2n) is 4.98. The summed E-state index contributed by atoms with van der Waals surface area (Å²) in [5.74, 6) is -0.178. The Morgan fingerprint density at radius 2 is 2.00 bits per heavy atom. The van der Waals surface area contributed by atoms with Crippen LogP contribution in [0.1, 0.15) is 23.5 Å². The van der Waals surface area contributed by atoms with E-state index >= 15 is 0 Å². The number of fused-ring (bicyclic) bond motifs is 1. The zero-order valence-electron chi connectivity index (χ0n) is 11.5. The van der Waals surface area contributed by atoms with E-state index in [4.69, 9.17) is 9.47 Å². The van der Waals surface area contributed by atoms with Crippen LogP contribution in [0.5, 0.6) is 11.5 Å². The Balaban J connectivity index is 1.84. The number of carboxylic acids is 1. The van der Waals surface area contributed by atoms with Crippen LogP contribution in [0.25, 0.3) is 0 Å².